The fourth-order valence-corrected chi connectivity index (χ4v) is 4.78. The Labute approximate surface area is 188 Å². The Kier molecular flexibility index (Phi) is 6.47. The third kappa shape index (κ3) is 5.02. The summed E-state index contributed by atoms with van der Waals surface area (Å²) < 4.78 is 2.24. The van der Waals surface area contributed by atoms with E-state index >= 15 is 0 Å². The quantitative estimate of drug-likeness (QED) is 0.351. The lowest BCUT2D eigenvalue weighted by Crippen LogP contribution is -2.27. The number of para-hydroxylation sites is 1. The van der Waals surface area contributed by atoms with Crippen LogP contribution in [-0.4, -0.2) is 17.0 Å². The van der Waals surface area contributed by atoms with Crippen molar-refractivity contribution < 1.29 is 4.79 Å². The molecule has 31 heavy (non-hydrogen) atoms. The standard InChI is InChI=1S/C27H28N2OS/c1-19-7-6-8-22(15-19)18-31-26-17-29(25-10-5-4-9-24(25)26)14-13-28-27(30)23-12-11-20(2)21(3)16-23/h4-12,15-17H,13-14,18H2,1-3H3,(H,28,30). The Balaban J connectivity index is 1.44. The highest BCUT2D eigenvalue weighted by Gasteiger charge is 2.10. The maximum Gasteiger partial charge on any atom is 0.251 e. The maximum absolute atomic E-state index is 12.5. The number of hydrogen-bond acceptors (Lipinski definition) is 2. The lowest BCUT2D eigenvalue weighted by atomic mass is 10.1. The minimum Gasteiger partial charge on any atom is -0.350 e. The zero-order chi connectivity index (χ0) is 21.8. The molecule has 4 aromatic rings. The van der Waals surface area contributed by atoms with Gasteiger partial charge < -0.3 is 9.88 Å². The highest BCUT2D eigenvalue weighted by molar-refractivity contribution is 7.98. The lowest BCUT2D eigenvalue weighted by molar-refractivity contribution is 0.0952. The van der Waals surface area contributed by atoms with Crippen molar-refractivity contribution in [2.45, 2.75) is 38.0 Å². The highest BCUT2D eigenvalue weighted by atomic mass is 32.2. The number of fused-ring (bicyclic) bond motifs is 1. The van der Waals surface area contributed by atoms with Gasteiger partial charge in [-0.15, -0.1) is 11.8 Å². The molecule has 3 nitrogen and oxygen atoms in total. The van der Waals surface area contributed by atoms with Crippen LogP contribution < -0.4 is 5.32 Å². The average molecular weight is 429 g/mol. The molecule has 0 spiro atoms. The Hall–Kier alpha value is -2.98. The van der Waals surface area contributed by atoms with Crippen LogP contribution in [0.25, 0.3) is 10.9 Å². The first kappa shape index (κ1) is 21.3. The van der Waals surface area contributed by atoms with E-state index in [9.17, 15) is 4.79 Å². The van der Waals surface area contributed by atoms with Crippen molar-refractivity contribution in [2.24, 2.45) is 0 Å². The number of thioether (sulfide) groups is 1. The van der Waals surface area contributed by atoms with Gasteiger partial charge in [0.1, 0.15) is 0 Å². The summed E-state index contributed by atoms with van der Waals surface area (Å²) in [4.78, 5) is 13.8. The number of aromatic nitrogens is 1. The second-order valence-electron chi connectivity index (χ2n) is 8.04. The van der Waals surface area contributed by atoms with Crippen molar-refractivity contribution in [3.8, 4) is 0 Å². The summed E-state index contributed by atoms with van der Waals surface area (Å²) in [5.41, 5.74) is 6.89. The van der Waals surface area contributed by atoms with Gasteiger partial charge in [0, 0.05) is 46.4 Å². The van der Waals surface area contributed by atoms with E-state index in [1.165, 1.54) is 32.5 Å². The third-order valence-electron chi connectivity index (χ3n) is 5.64. The maximum atomic E-state index is 12.5. The fraction of sp³-hybridized carbons (Fsp3) is 0.222. The molecule has 1 heterocycles. The van der Waals surface area contributed by atoms with E-state index in [0.29, 0.717) is 6.54 Å². The zero-order valence-electron chi connectivity index (χ0n) is 18.3. The summed E-state index contributed by atoms with van der Waals surface area (Å²) in [5.74, 6) is 0.924. The van der Waals surface area contributed by atoms with Gasteiger partial charge in [-0.25, -0.2) is 0 Å². The number of benzene rings is 3. The Morgan fingerprint density at radius 2 is 1.77 bits per heavy atom. The smallest absolute Gasteiger partial charge is 0.251 e. The number of rotatable bonds is 7. The predicted molar refractivity (Wildman–Crippen MR) is 131 cm³/mol. The number of nitrogens with zero attached hydrogens (tertiary/aromatic N) is 1. The van der Waals surface area contributed by atoms with Crippen LogP contribution in [0.4, 0.5) is 0 Å². The summed E-state index contributed by atoms with van der Waals surface area (Å²) in [7, 11) is 0. The second kappa shape index (κ2) is 9.44. The van der Waals surface area contributed by atoms with Gasteiger partial charge in [0.15, 0.2) is 0 Å². The second-order valence-corrected chi connectivity index (χ2v) is 9.05. The van der Waals surface area contributed by atoms with Gasteiger partial charge in [-0.1, -0.05) is 54.1 Å². The fourth-order valence-electron chi connectivity index (χ4n) is 3.75. The topological polar surface area (TPSA) is 34.0 Å². The van der Waals surface area contributed by atoms with Gasteiger partial charge in [-0.2, -0.15) is 0 Å². The van der Waals surface area contributed by atoms with Crippen molar-refractivity contribution in [3.63, 3.8) is 0 Å². The minimum absolute atomic E-state index is 0.0198. The molecule has 0 aliphatic heterocycles. The number of aryl methyl sites for hydroxylation is 3. The van der Waals surface area contributed by atoms with Crippen LogP contribution >= 0.6 is 11.8 Å². The predicted octanol–water partition coefficient (Wildman–Crippen LogP) is 6.29. The van der Waals surface area contributed by atoms with Crippen LogP contribution in [0, 0.1) is 20.8 Å². The van der Waals surface area contributed by atoms with Crippen LogP contribution in [0.15, 0.2) is 77.8 Å². The van der Waals surface area contributed by atoms with Crippen molar-refractivity contribution in [1.29, 1.82) is 0 Å². The van der Waals surface area contributed by atoms with E-state index < -0.39 is 0 Å². The van der Waals surface area contributed by atoms with Crippen LogP contribution in [-0.2, 0) is 12.3 Å². The summed E-state index contributed by atoms with van der Waals surface area (Å²) in [6.07, 6.45) is 2.22. The number of hydrogen-bond donors (Lipinski definition) is 1. The Bertz CT molecular complexity index is 1230. The van der Waals surface area contributed by atoms with E-state index in [1.54, 1.807) is 0 Å². The highest BCUT2D eigenvalue weighted by Crippen LogP contribution is 2.32. The van der Waals surface area contributed by atoms with Gasteiger partial charge in [-0.3, -0.25) is 4.79 Å². The molecule has 158 valence electrons. The molecule has 0 bridgehead atoms. The Morgan fingerprint density at radius 1 is 0.935 bits per heavy atom. The molecule has 1 amide bonds. The van der Waals surface area contributed by atoms with Crippen molar-refractivity contribution in [2.75, 3.05) is 6.54 Å². The molecular weight excluding hydrogens is 400 g/mol. The number of nitrogens with one attached hydrogen (secondary N) is 1. The van der Waals surface area contributed by atoms with Crippen molar-refractivity contribution >= 4 is 28.6 Å². The van der Waals surface area contributed by atoms with E-state index in [4.69, 9.17) is 0 Å². The Morgan fingerprint density at radius 3 is 2.58 bits per heavy atom. The number of carbonyl (C=O) groups excluding carboxylic acids is 1. The summed E-state index contributed by atoms with van der Waals surface area (Å²) >= 11 is 1.86. The van der Waals surface area contributed by atoms with Gasteiger partial charge in [0.2, 0.25) is 0 Å². The van der Waals surface area contributed by atoms with Crippen molar-refractivity contribution in [1.82, 2.24) is 9.88 Å². The molecule has 1 aromatic heterocycles. The number of amides is 1. The van der Waals surface area contributed by atoms with E-state index in [0.717, 1.165) is 23.4 Å². The summed E-state index contributed by atoms with van der Waals surface area (Å²) in [5, 5.41) is 4.33. The zero-order valence-corrected chi connectivity index (χ0v) is 19.1. The van der Waals surface area contributed by atoms with Crippen LogP contribution in [0.1, 0.15) is 32.6 Å². The van der Waals surface area contributed by atoms with Crippen LogP contribution in [0.3, 0.4) is 0 Å². The van der Waals surface area contributed by atoms with Crippen LogP contribution in [0.5, 0.6) is 0 Å². The molecule has 0 fully saturated rings. The van der Waals surface area contributed by atoms with Gasteiger partial charge in [0.25, 0.3) is 5.91 Å². The minimum atomic E-state index is -0.0198. The van der Waals surface area contributed by atoms with E-state index in [2.05, 4.69) is 78.5 Å². The molecule has 4 heteroatoms. The molecule has 0 aliphatic carbocycles. The van der Waals surface area contributed by atoms with E-state index in [-0.39, 0.29) is 5.91 Å². The summed E-state index contributed by atoms with van der Waals surface area (Å²) in [6.45, 7) is 7.55. The average Bonchev–Trinajstić information content (AvgIpc) is 3.12. The molecule has 0 saturated carbocycles. The third-order valence-corrected chi connectivity index (χ3v) is 6.75. The first-order chi connectivity index (χ1) is 15.0. The van der Waals surface area contributed by atoms with Gasteiger partial charge >= 0.3 is 0 Å². The molecule has 0 saturated heterocycles. The molecule has 0 aliphatic rings. The molecule has 1 N–H and O–H groups in total. The lowest BCUT2D eigenvalue weighted by Gasteiger charge is -2.09. The monoisotopic (exact) mass is 428 g/mol. The largest absolute Gasteiger partial charge is 0.350 e. The molecular formula is C27H28N2OS. The van der Waals surface area contributed by atoms with Crippen LogP contribution in [0.2, 0.25) is 0 Å². The molecule has 3 aromatic carbocycles. The molecule has 4 rings (SSSR count). The van der Waals surface area contributed by atoms with Crippen molar-refractivity contribution in [3.05, 3.63) is 101 Å². The SMILES string of the molecule is Cc1cccc(CSc2cn(CCNC(=O)c3ccc(C)c(C)c3)c3ccccc23)c1. The normalized spacial score (nSPS) is 11.1. The van der Waals surface area contributed by atoms with E-state index in [1.807, 2.05) is 36.9 Å². The first-order valence-corrected chi connectivity index (χ1v) is 11.6. The number of carbonyl (C=O) groups is 1. The first-order valence-electron chi connectivity index (χ1n) is 10.6. The molecule has 0 unspecified atom stereocenters. The van der Waals surface area contributed by atoms with Gasteiger partial charge in [0.05, 0.1) is 0 Å². The molecule has 0 atom stereocenters. The molecule has 0 radical (unpaired) electrons. The van der Waals surface area contributed by atoms with Gasteiger partial charge in [-0.05, 0) is 55.7 Å². The summed E-state index contributed by atoms with van der Waals surface area (Å²) in [6, 6.07) is 23.0.